The van der Waals surface area contributed by atoms with E-state index < -0.39 is 0 Å². The van der Waals surface area contributed by atoms with E-state index in [1.165, 1.54) is 0 Å². The van der Waals surface area contributed by atoms with Crippen LogP contribution in [0.25, 0.3) is 11.3 Å². The predicted octanol–water partition coefficient (Wildman–Crippen LogP) is 3.50. The third kappa shape index (κ3) is 5.48. The summed E-state index contributed by atoms with van der Waals surface area (Å²) in [5.74, 6) is 9.16. The van der Waals surface area contributed by atoms with E-state index in [2.05, 4.69) is 60.2 Å². The van der Waals surface area contributed by atoms with Gasteiger partial charge in [-0.1, -0.05) is 18.1 Å². The van der Waals surface area contributed by atoms with Crippen molar-refractivity contribution in [2.24, 2.45) is 0 Å². The van der Waals surface area contributed by atoms with Crippen molar-refractivity contribution in [3.05, 3.63) is 65.6 Å². The minimum absolute atomic E-state index is 0.159. The Balaban J connectivity index is 1.33. The number of imidazole rings is 1. The average Bonchev–Trinajstić information content (AvgIpc) is 3.05. The van der Waals surface area contributed by atoms with Crippen molar-refractivity contribution in [3.8, 4) is 28.8 Å². The molecule has 1 fully saturated rings. The number of aromatic hydroxyl groups is 1. The van der Waals surface area contributed by atoms with Crippen LogP contribution in [0.2, 0.25) is 0 Å². The van der Waals surface area contributed by atoms with Crippen LogP contribution in [0.5, 0.6) is 5.75 Å². The van der Waals surface area contributed by atoms with Gasteiger partial charge in [-0.2, -0.15) is 0 Å². The van der Waals surface area contributed by atoms with Crippen LogP contribution in [0.15, 0.2) is 42.6 Å². The minimum Gasteiger partial charge on any atom is -0.507 e. The van der Waals surface area contributed by atoms with Gasteiger partial charge in [-0.25, -0.2) is 15.0 Å². The van der Waals surface area contributed by atoms with Crippen molar-refractivity contribution in [1.82, 2.24) is 29.7 Å². The van der Waals surface area contributed by atoms with Crippen LogP contribution in [0.4, 0.5) is 17.3 Å². The summed E-state index contributed by atoms with van der Waals surface area (Å²) >= 11 is 0. The van der Waals surface area contributed by atoms with E-state index in [1.54, 1.807) is 18.3 Å². The lowest BCUT2D eigenvalue weighted by Gasteiger charge is -2.28. The summed E-state index contributed by atoms with van der Waals surface area (Å²) in [7, 11) is 0. The van der Waals surface area contributed by atoms with Crippen molar-refractivity contribution in [3.63, 3.8) is 0 Å². The largest absolute Gasteiger partial charge is 0.507 e. The summed E-state index contributed by atoms with van der Waals surface area (Å²) in [6.45, 7) is 11.1. The third-order valence-corrected chi connectivity index (χ3v) is 7.30. The molecule has 1 aliphatic heterocycles. The Morgan fingerprint density at radius 3 is 2.64 bits per heavy atom. The summed E-state index contributed by atoms with van der Waals surface area (Å²) in [4.78, 5) is 18.2. The molecular formula is C29H33N9O. The summed E-state index contributed by atoms with van der Waals surface area (Å²) in [6, 6.07) is 11.2. The van der Waals surface area contributed by atoms with E-state index in [1.807, 2.05) is 38.1 Å². The molecule has 10 heteroatoms. The highest BCUT2D eigenvalue weighted by atomic mass is 16.3. The number of aromatic nitrogens is 6. The quantitative estimate of drug-likeness (QED) is 0.387. The molecule has 10 nitrogen and oxygen atoms in total. The topological polar surface area (TPSA) is 122 Å². The number of nitrogen functional groups attached to an aromatic ring is 1. The molecule has 39 heavy (non-hydrogen) atoms. The Hall–Kier alpha value is -4.65. The summed E-state index contributed by atoms with van der Waals surface area (Å²) in [5, 5.41) is 18.7. The van der Waals surface area contributed by atoms with E-state index in [4.69, 9.17) is 10.7 Å². The Labute approximate surface area is 228 Å². The summed E-state index contributed by atoms with van der Waals surface area (Å²) < 4.78 is 2.10. The fraction of sp³-hybridized carbons (Fsp3) is 0.345. The Bertz CT molecular complexity index is 1550. The van der Waals surface area contributed by atoms with Crippen molar-refractivity contribution < 1.29 is 5.11 Å². The van der Waals surface area contributed by atoms with Crippen LogP contribution in [0, 0.1) is 32.6 Å². The molecule has 1 saturated heterocycles. The van der Waals surface area contributed by atoms with Gasteiger partial charge in [-0.15, -0.1) is 10.2 Å². The van der Waals surface area contributed by atoms with Crippen molar-refractivity contribution >= 4 is 17.3 Å². The lowest BCUT2D eigenvalue weighted by molar-refractivity contribution is 0.477. The van der Waals surface area contributed by atoms with Crippen molar-refractivity contribution in [2.75, 3.05) is 35.2 Å². The van der Waals surface area contributed by atoms with Gasteiger partial charge in [0.2, 0.25) is 5.82 Å². The number of nitrogens with zero attached hydrogens (tertiary/aromatic N) is 8. The number of anilines is 3. The number of phenols is 1. The molecule has 0 amide bonds. The predicted molar refractivity (Wildman–Crippen MR) is 153 cm³/mol. The van der Waals surface area contributed by atoms with Gasteiger partial charge in [0.15, 0.2) is 5.82 Å². The first kappa shape index (κ1) is 26.0. The van der Waals surface area contributed by atoms with Gasteiger partial charge in [-0.3, -0.25) is 0 Å². The molecular weight excluding hydrogens is 490 g/mol. The Kier molecular flexibility index (Phi) is 7.32. The first-order chi connectivity index (χ1) is 18.8. The second-order valence-electron chi connectivity index (χ2n) is 9.79. The number of nitrogens with two attached hydrogens (primary N) is 1. The molecule has 4 aromatic rings. The number of hydrogen-bond acceptors (Lipinski definition) is 9. The van der Waals surface area contributed by atoms with E-state index >= 15 is 0 Å². The van der Waals surface area contributed by atoms with Crippen LogP contribution >= 0.6 is 0 Å². The van der Waals surface area contributed by atoms with Gasteiger partial charge < -0.3 is 25.2 Å². The molecule has 3 N–H and O–H groups in total. The van der Waals surface area contributed by atoms with Gasteiger partial charge in [-0.05, 0) is 64.3 Å². The molecule has 0 bridgehead atoms. The van der Waals surface area contributed by atoms with E-state index in [-0.39, 0.29) is 11.8 Å². The van der Waals surface area contributed by atoms with E-state index in [0.717, 1.165) is 54.8 Å². The summed E-state index contributed by atoms with van der Waals surface area (Å²) in [6.07, 6.45) is 2.67. The molecule has 0 spiro atoms. The van der Waals surface area contributed by atoms with Gasteiger partial charge >= 0.3 is 0 Å². The molecule has 0 saturated carbocycles. The van der Waals surface area contributed by atoms with Crippen molar-refractivity contribution in [1.29, 1.82) is 0 Å². The van der Waals surface area contributed by atoms with E-state index in [0.29, 0.717) is 29.4 Å². The highest BCUT2D eigenvalue weighted by Gasteiger charge is 2.24. The lowest BCUT2D eigenvalue weighted by Crippen LogP contribution is -2.35. The Morgan fingerprint density at radius 2 is 1.87 bits per heavy atom. The number of rotatable bonds is 4. The minimum atomic E-state index is 0.159. The van der Waals surface area contributed by atoms with Gasteiger partial charge in [0.25, 0.3) is 0 Å². The highest BCUT2D eigenvalue weighted by molar-refractivity contribution is 5.74. The fourth-order valence-corrected chi connectivity index (χ4v) is 4.93. The maximum Gasteiger partial charge on any atom is 0.206 e. The highest BCUT2D eigenvalue weighted by Crippen LogP contribution is 2.32. The number of hydrogen-bond donors (Lipinski definition) is 2. The standard InChI is InChI=1S/C29H33N9O/c1-19-12-15-36(25-18-24(34-35-29(25)30)23-8-5-6-9-26(23)39)16-17-37(19)28-11-13-31-27(33-28)10-7-14-38-21(3)20(2)32-22(38)4/h5-6,8-9,11,13,18-19,39H,12,14-17H2,1-4H3,(H2,30,35). The first-order valence-electron chi connectivity index (χ1n) is 13.1. The lowest BCUT2D eigenvalue weighted by atomic mass is 10.1. The zero-order valence-electron chi connectivity index (χ0n) is 22.8. The smallest absolute Gasteiger partial charge is 0.206 e. The molecule has 1 atom stereocenters. The maximum absolute atomic E-state index is 10.3. The van der Waals surface area contributed by atoms with Gasteiger partial charge in [0.1, 0.15) is 17.4 Å². The molecule has 0 aliphatic carbocycles. The molecule has 1 aliphatic rings. The van der Waals surface area contributed by atoms with Crippen LogP contribution < -0.4 is 15.5 Å². The Morgan fingerprint density at radius 1 is 1.05 bits per heavy atom. The second kappa shape index (κ2) is 11.0. The van der Waals surface area contributed by atoms with E-state index in [9.17, 15) is 5.11 Å². The number of phenolic OH excluding ortho intramolecular Hbond substituents is 1. The SMILES string of the molecule is Cc1nc(C)n(CC#Cc2nccc(N3CCN(c4cc(-c5ccccc5O)nnc4N)CCC3C)n2)c1C. The molecule has 5 rings (SSSR count). The zero-order valence-corrected chi connectivity index (χ0v) is 22.8. The second-order valence-corrected chi connectivity index (χ2v) is 9.79. The van der Waals surface area contributed by atoms with Crippen LogP contribution in [-0.2, 0) is 6.54 Å². The number of aryl methyl sites for hydroxylation is 2. The molecule has 4 heterocycles. The molecule has 1 aromatic carbocycles. The molecule has 1 unspecified atom stereocenters. The molecule has 0 radical (unpaired) electrons. The molecule has 3 aromatic heterocycles. The first-order valence-corrected chi connectivity index (χ1v) is 13.1. The zero-order chi connectivity index (χ0) is 27.5. The van der Waals surface area contributed by atoms with Gasteiger partial charge in [0, 0.05) is 43.1 Å². The monoisotopic (exact) mass is 523 g/mol. The van der Waals surface area contributed by atoms with Gasteiger partial charge in [0.05, 0.1) is 23.6 Å². The average molecular weight is 524 g/mol. The summed E-state index contributed by atoms with van der Waals surface area (Å²) in [5.41, 5.74) is 10.4. The fourth-order valence-electron chi connectivity index (χ4n) is 4.93. The van der Waals surface area contributed by atoms with Crippen LogP contribution in [0.1, 0.15) is 36.4 Å². The normalized spacial score (nSPS) is 15.5. The van der Waals surface area contributed by atoms with Crippen LogP contribution in [-0.4, -0.2) is 60.5 Å². The van der Waals surface area contributed by atoms with Crippen molar-refractivity contribution in [2.45, 2.75) is 46.7 Å². The number of para-hydroxylation sites is 1. The van der Waals surface area contributed by atoms with Crippen LogP contribution in [0.3, 0.4) is 0 Å². The third-order valence-electron chi connectivity index (χ3n) is 7.30. The number of benzene rings is 1. The maximum atomic E-state index is 10.3. The molecule has 200 valence electrons.